The van der Waals surface area contributed by atoms with Gasteiger partial charge >= 0.3 is 5.97 Å². The Morgan fingerprint density at radius 2 is 2.13 bits per heavy atom. The molecule has 4 N–H and O–H groups in total. The van der Waals surface area contributed by atoms with Gasteiger partial charge in [-0.3, -0.25) is 4.79 Å². The van der Waals surface area contributed by atoms with Gasteiger partial charge in [-0.2, -0.15) is 0 Å². The van der Waals surface area contributed by atoms with Crippen LogP contribution >= 0.6 is 0 Å². The zero-order valence-corrected chi connectivity index (χ0v) is 7.83. The Morgan fingerprint density at radius 3 is 2.80 bits per heavy atom. The fourth-order valence-electron chi connectivity index (χ4n) is 1.72. The molecule has 0 aromatic carbocycles. The summed E-state index contributed by atoms with van der Waals surface area (Å²) in [6.07, 6.45) is 0.512. The SMILES string of the molecule is O=C(O)c1c(O)c2c([nH]c1=O)CNCC2. The zero-order chi connectivity index (χ0) is 11.0. The number of aromatic carboxylic acids is 1. The molecule has 6 heteroatoms. The van der Waals surface area contributed by atoms with E-state index in [4.69, 9.17) is 5.11 Å². The van der Waals surface area contributed by atoms with E-state index in [-0.39, 0.29) is 0 Å². The summed E-state index contributed by atoms with van der Waals surface area (Å²) in [6, 6.07) is 0. The van der Waals surface area contributed by atoms with Crippen LogP contribution in [0.15, 0.2) is 4.79 Å². The van der Waals surface area contributed by atoms with Crippen molar-refractivity contribution in [3.8, 4) is 5.75 Å². The molecule has 0 saturated carbocycles. The van der Waals surface area contributed by atoms with E-state index in [0.717, 1.165) is 0 Å². The summed E-state index contributed by atoms with van der Waals surface area (Å²) in [5.41, 5.74) is -0.252. The fraction of sp³-hybridized carbons (Fsp3) is 0.333. The maximum Gasteiger partial charge on any atom is 0.345 e. The topological polar surface area (TPSA) is 102 Å². The predicted molar refractivity (Wildman–Crippen MR) is 51.1 cm³/mol. The fourth-order valence-corrected chi connectivity index (χ4v) is 1.72. The Kier molecular flexibility index (Phi) is 2.20. The highest BCUT2D eigenvalue weighted by Gasteiger charge is 2.22. The van der Waals surface area contributed by atoms with Crippen LogP contribution in [-0.4, -0.2) is 27.7 Å². The average molecular weight is 210 g/mol. The minimum Gasteiger partial charge on any atom is -0.506 e. The van der Waals surface area contributed by atoms with Gasteiger partial charge in [0.15, 0.2) is 5.56 Å². The molecule has 1 aromatic rings. The standard InChI is InChI=1S/C9H10N2O4/c12-7-4-1-2-10-3-5(4)11-8(13)6(7)9(14)15/h10H,1-3H2,(H,14,15)(H2,11,12,13). The van der Waals surface area contributed by atoms with E-state index in [0.29, 0.717) is 30.8 Å². The molecule has 0 radical (unpaired) electrons. The second-order valence-corrected chi connectivity index (χ2v) is 3.37. The molecule has 0 unspecified atom stereocenters. The highest BCUT2D eigenvalue weighted by Crippen LogP contribution is 2.24. The van der Waals surface area contributed by atoms with Crippen molar-refractivity contribution >= 4 is 5.97 Å². The third-order valence-electron chi connectivity index (χ3n) is 2.45. The maximum absolute atomic E-state index is 11.3. The Morgan fingerprint density at radius 1 is 1.40 bits per heavy atom. The van der Waals surface area contributed by atoms with Crippen LogP contribution < -0.4 is 10.9 Å². The summed E-state index contributed by atoms with van der Waals surface area (Å²) < 4.78 is 0. The first-order valence-corrected chi connectivity index (χ1v) is 4.52. The highest BCUT2D eigenvalue weighted by molar-refractivity contribution is 5.90. The van der Waals surface area contributed by atoms with Gasteiger partial charge in [0.2, 0.25) is 0 Å². The molecular weight excluding hydrogens is 200 g/mol. The number of carboxylic acids is 1. The van der Waals surface area contributed by atoms with Crippen LogP contribution in [0.25, 0.3) is 0 Å². The second-order valence-electron chi connectivity index (χ2n) is 3.37. The van der Waals surface area contributed by atoms with E-state index in [2.05, 4.69) is 10.3 Å². The lowest BCUT2D eigenvalue weighted by Crippen LogP contribution is -2.30. The summed E-state index contributed by atoms with van der Waals surface area (Å²) in [5, 5.41) is 21.4. The maximum atomic E-state index is 11.3. The van der Waals surface area contributed by atoms with Crippen LogP contribution in [-0.2, 0) is 13.0 Å². The van der Waals surface area contributed by atoms with E-state index < -0.39 is 22.8 Å². The van der Waals surface area contributed by atoms with Crippen molar-refractivity contribution in [3.63, 3.8) is 0 Å². The number of carboxylic acid groups (broad SMARTS) is 1. The van der Waals surface area contributed by atoms with Crippen LogP contribution in [0.4, 0.5) is 0 Å². The molecule has 0 bridgehead atoms. The van der Waals surface area contributed by atoms with E-state index >= 15 is 0 Å². The number of aromatic hydroxyl groups is 1. The number of rotatable bonds is 1. The molecule has 2 rings (SSSR count). The highest BCUT2D eigenvalue weighted by atomic mass is 16.4. The summed E-state index contributed by atoms with van der Waals surface area (Å²) >= 11 is 0. The molecule has 0 saturated heterocycles. The first-order valence-electron chi connectivity index (χ1n) is 4.52. The number of fused-ring (bicyclic) bond motifs is 1. The van der Waals surface area contributed by atoms with Crippen molar-refractivity contribution in [2.24, 2.45) is 0 Å². The molecule has 1 aliphatic heterocycles. The molecule has 0 amide bonds. The summed E-state index contributed by atoms with van der Waals surface area (Å²) in [6.45, 7) is 1.10. The van der Waals surface area contributed by atoms with Gasteiger partial charge in [0.1, 0.15) is 5.75 Å². The number of nitrogens with one attached hydrogen (secondary N) is 2. The number of carbonyl (C=O) groups is 1. The van der Waals surface area contributed by atoms with Crippen LogP contribution in [0.5, 0.6) is 5.75 Å². The first-order chi connectivity index (χ1) is 7.11. The van der Waals surface area contributed by atoms with Gasteiger partial charge in [0.25, 0.3) is 5.56 Å². The third-order valence-corrected chi connectivity index (χ3v) is 2.45. The smallest absolute Gasteiger partial charge is 0.345 e. The molecular formula is C9H10N2O4. The molecule has 0 spiro atoms. The van der Waals surface area contributed by atoms with Crippen LogP contribution in [0.1, 0.15) is 21.6 Å². The van der Waals surface area contributed by atoms with Crippen molar-refractivity contribution in [1.82, 2.24) is 10.3 Å². The van der Waals surface area contributed by atoms with E-state index in [9.17, 15) is 14.7 Å². The lowest BCUT2D eigenvalue weighted by atomic mass is 10.0. The Bertz CT molecular complexity index is 478. The molecule has 15 heavy (non-hydrogen) atoms. The van der Waals surface area contributed by atoms with Gasteiger partial charge < -0.3 is 20.5 Å². The number of hydrogen-bond donors (Lipinski definition) is 4. The van der Waals surface area contributed by atoms with Gasteiger partial charge in [0.05, 0.1) is 0 Å². The van der Waals surface area contributed by atoms with Gasteiger partial charge in [-0.1, -0.05) is 0 Å². The lowest BCUT2D eigenvalue weighted by molar-refractivity contribution is 0.0691. The number of aromatic nitrogens is 1. The summed E-state index contributed by atoms with van der Waals surface area (Å²) in [5.74, 6) is -1.81. The quantitative estimate of drug-likeness (QED) is 0.497. The molecule has 0 aliphatic carbocycles. The van der Waals surface area contributed by atoms with Crippen molar-refractivity contribution in [1.29, 1.82) is 0 Å². The largest absolute Gasteiger partial charge is 0.506 e. The van der Waals surface area contributed by atoms with Gasteiger partial charge in [-0.15, -0.1) is 0 Å². The third kappa shape index (κ3) is 1.48. The zero-order valence-electron chi connectivity index (χ0n) is 7.83. The second kappa shape index (κ2) is 3.39. The van der Waals surface area contributed by atoms with E-state index in [1.807, 2.05) is 0 Å². The van der Waals surface area contributed by atoms with E-state index in [1.54, 1.807) is 0 Å². The molecule has 6 nitrogen and oxygen atoms in total. The summed E-state index contributed by atoms with van der Waals surface area (Å²) in [4.78, 5) is 24.5. The molecule has 0 fully saturated rings. The Hall–Kier alpha value is -1.82. The predicted octanol–water partition coefficient (Wildman–Crippen LogP) is -0.576. The molecule has 80 valence electrons. The number of H-pyrrole nitrogens is 1. The Balaban J connectivity index is 2.70. The molecule has 1 aliphatic rings. The monoisotopic (exact) mass is 210 g/mol. The van der Waals surface area contributed by atoms with Gasteiger partial charge in [0, 0.05) is 17.8 Å². The Labute approximate surface area is 84.6 Å². The molecule has 0 atom stereocenters. The van der Waals surface area contributed by atoms with Crippen LogP contribution in [0.2, 0.25) is 0 Å². The van der Waals surface area contributed by atoms with Gasteiger partial charge in [-0.25, -0.2) is 4.79 Å². The van der Waals surface area contributed by atoms with E-state index in [1.165, 1.54) is 0 Å². The average Bonchev–Trinajstić information content (AvgIpc) is 2.17. The minimum absolute atomic E-state index is 0.400. The lowest BCUT2D eigenvalue weighted by Gasteiger charge is -2.18. The van der Waals surface area contributed by atoms with Gasteiger partial charge in [-0.05, 0) is 13.0 Å². The molecule has 1 aromatic heterocycles. The number of hydrogen-bond acceptors (Lipinski definition) is 4. The first kappa shape index (κ1) is 9.72. The number of aromatic amines is 1. The van der Waals surface area contributed by atoms with Crippen molar-refractivity contribution < 1.29 is 15.0 Å². The van der Waals surface area contributed by atoms with Crippen molar-refractivity contribution in [2.75, 3.05) is 6.54 Å². The van der Waals surface area contributed by atoms with Crippen molar-refractivity contribution in [3.05, 3.63) is 27.2 Å². The number of pyridine rings is 1. The minimum atomic E-state index is -1.41. The summed E-state index contributed by atoms with van der Waals surface area (Å²) in [7, 11) is 0. The van der Waals surface area contributed by atoms with Crippen LogP contribution in [0, 0.1) is 0 Å². The molecule has 2 heterocycles. The van der Waals surface area contributed by atoms with Crippen molar-refractivity contribution in [2.45, 2.75) is 13.0 Å². The van der Waals surface area contributed by atoms with Crippen LogP contribution in [0.3, 0.4) is 0 Å². The normalized spacial score (nSPS) is 14.7.